The Bertz CT molecular complexity index is 805. The summed E-state index contributed by atoms with van der Waals surface area (Å²) in [6, 6.07) is 8.90. The Labute approximate surface area is 155 Å². The summed E-state index contributed by atoms with van der Waals surface area (Å²) < 4.78 is 0. The van der Waals surface area contributed by atoms with Gasteiger partial charge in [-0.3, -0.25) is 4.79 Å². The van der Waals surface area contributed by atoms with E-state index in [0.717, 1.165) is 41.5 Å². The zero-order valence-corrected chi connectivity index (χ0v) is 15.8. The van der Waals surface area contributed by atoms with Gasteiger partial charge in [0.05, 0.1) is 5.52 Å². The van der Waals surface area contributed by atoms with Crippen LogP contribution in [0.2, 0.25) is 0 Å². The van der Waals surface area contributed by atoms with Crippen LogP contribution in [0.5, 0.6) is 0 Å². The maximum absolute atomic E-state index is 11.3. The van der Waals surface area contributed by atoms with Crippen LogP contribution >= 0.6 is 0 Å². The molecule has 1 N–H and O–H groups in total. The minimum absolute atomic E-state index is 0.0487. The van der Waals surface area contributed by atoms with Crippen LogP contribution < -0.4 is 10.2 Å². The van der Waals surface area contributed by atoms with E-state index in [9.17, 15) is 4.79 Å². The van der Waals surface area contributed by atoms with Gasteiger partial charge in [0.2, 0.25) is 5.91 Å². The van der Waals surface area contributed by atoms with Gasteiger partial charge in [0.1, 0.15) is 5.82 Å². The second kappa shape index (κ2) is 7.23. The van der Waals surface area contributed by atoms with Crippen molar-refractivity contribution in [3.05, 3.63) is 29.8 Å². The molecule has 2 fully saturated rings. The summed E-state index contributed by atoms with van der Waals surface area (Å²) in [6.45, 7) is 8.40. The van der Waals surface area contributed by atoms with E-state index in [0.29, 0.717) is 0 Å². The first-order valence-electron chi connectivity index (χ1n) is 9.78. The number of anilines is 2. The zero-order chi connectivity index (χ0) is 18.1. The molecule has 1 aromatic carbocycles. The lowest BCUT2D eigenvalue weighted by molar-refractivity contribution is -0.114. The average Bonchev–Trinajstić information content (AvgIpc) is 3.16. The van der Waals surface area contributed by atoms with E-state index in [1.807, 2.05) is 18.2 Å². The molecule has 5 nitrogen and oxygen atoms in total. The van der Waals surface area contributed by atoms with Crippen LogP contribution in [0.3, 0.4) is 0 Å². The van der Waals surface area contributed by atoms with Crippen molar-refractivity contribution in [1.29, 1.82) is 0 Å². The molecular formula is C21H28N4O. The number of pyridine rings is 1. The largest absolute Gasteiger partial charge is 0.356 e. The lowest BCUT2D eigenvalue weighted by atomic mass is 10.0. The predicted octanol–water partition coefficient (Wildman–Crippen LogP) is 3.57. The third-order valence-electron chi connectivity index (χ3n) is 5.77. The number of rotatable bonds is 3. The fourth-order valence-corrected chi connectivity index (χ4v) is 4.39. The third kappa shape index (κ3) is 3.54. The highest BCUT2D eigenvalue weighted by molar-refractivity contribution is 5.93. The minimum Gasteiger partial charge on any atom is -0.356 e. The molecule has 0 atom stereocenters. The Kier molecular flexibility index (Phi) is 4.81. The lowest BCUT2D eigenvalue weighted by Crippen LogP contribution is -2.44. The van der Waals surface area contributed by atoms with Crippen molar-refractivity contribution < 1.29 is 4.79 Å². The first kappa shape index (κ1) is 17.3. The number of hydrogen-bond donors (Lipinski definition) is 1. The highest BCUT2D eigenvalue weighted by Gasteiger charge is 2.27. The van der Waals surface area contributed by atoms with Gasteiger partial charge in [-0.15, -0.1) is 0 Å². The molecule has 0 bridgehead atoms. The molecule has 1 amide bonds. The summed E-state index contributed by atoms with van der Waals surface area (Å²) in [5.41, 5.74) is 3.03. The monoisotopic (exact) mass is 352 g/mol. The molecule has 0 radical (unpaired) electrons. The van der Waals surface area contributed by atoms with Crippen LogP contribution in [-0.2, 0) is 4.79 Å². The van der Waals surface area contributed by atoms with Crippen molar-refractivity contribution in [2.75, 3.05) is 36.4 Å². The van der Waals surface area contributed by atoms with Gasteiger partial charge in [0.15, 0.2) is 0 Å². The topological polar surface area (TPSA) is 48.5 Å². The smallest absolute Gasteiger partial charge is 0.221 e. The number of aromatic nitrogens is 1. The third-order valence-corrected chi connectivity index (χ3v) is 5.77. The van der Waals surface area contributed by atoms with Gasteiger partial charge in [-0.1, -0.05) is 0 Å². The second-order valence-corrected chi connectivity index (χ2v) is 7.67. The van der Waals surface area contributed by atoms with Crippen LogP contribution in [0, 0.1) is 6.92 Å². The fraction of sp³-hybridized carbons (Fsp3) is 0.524. The van der Waals surface area contributed by atoms with Gasteiger partial charge in [0.25, 0.3) is 0 Å². The van der Waals surface area contributed by atoms with Crippen molar-refractivity contribution in [2.45, 2.75) is 45.6 Å². The minimum atomic E-state index is -0.0487. The first-order valence-corrected chi connectivity index (χ1v) is 9.78. The van der Waals surface area contributed by atoms with Crippen molar-refractivity contribution >= 4 is 28.3 Å². The molecule has 1 aromatic heterocycles. The number of nitrogens with zero attached hydrogens (tertiary/aromatic N) is 3. The molecule has 0 spiro atoms. The quantitative estimate of drug-likeness (QED) is 0.917. The molecule has 0 aliphatic carbocycles. The van der Waals surface area contributed by atoms with Gasteiger partial charge in [-0.2, -0.15) is 0 Å². The number of carbonyl (C=O) groups is 1. The Balaban J connectivity index is 1.51. The van der Waals surface area contributed by atoms with Gasteiger partial charge in [-0.25, -0.2) is 4.98 Å². The number of aryl methyl sites for hydroxylation is 1. The normalized spacial score (nSPS) is 19.2. The van der Waals surface area contributed by atoms with E-state index in [-0.39, 0.29) is 5.91 Å². The molecular weight excluding hydrogens is 324 g/mol. The summed E-state index contributed by atoms with van der Waals surface area (Å²) in [5, 5.41) is 3.96. The van der Waals surface area contributed by atoms with E-state index in [1.54, 1.807) is 0 Å². The number of benzene rings is 1. The summed E-state index contributed by atoms with van der Waals surface area (Å²) in [5.74, 6) is 1.04. The number of amides is 1. The molecule has 0 saturated carbocycles. The van der Waals surface area contributed by atoms with Crippen LogP contribution in [-0.4, -0.2) is 48.0 Å². The van der Waals surface area contributed by atoms with E-state index in [2.05, 4.69) is 28.1 Å². The average molecular weight is 352 g/mol. The highest BCUT2D eigenvalue weighted by Crippen LogP contribution is 2.28. The molecule has 138 valence electrons. The summed E-state index contributed by atoms with van der Waals surface area (Å²) in [7, 11) is 0. The number of fused-ring (bicyclic) bond motifs is 1. The molecule has 2 aromatic rings. The van der Waals surface area contributed by atoms with Crippen LogP contribution in [0.4, 0.5) is 11.5 Å². The van der Waals surface area contributed by atoms with Gasteiger partial charge in [0, 0.05) is 37.1 Å². The molecule has 26 heavy (non-hydrogen) atoms. The maximum atomic E-state index is 11.3. The van der Waals surface area contributed by atoms with Crippen molar-refractivity contribution in [3.63, 3.8) is 0 Å². The molecule has 0 unspecified atom stereocenters. The Hall–Kier alpha value is -2.14. The lowest BCUT2D eigenvalue weighted by Gasteiger charge is -2.37. The molecule has 4 rings (SSSR count). The maximum Gasteiger partial charge on any atom is 0.221 e. The van der Waals surface area contributed by atoms with Crippen LogP contribution in [0.25, 0.3) is 10.9 Å². The standard InChI is InChI=1S/C21H28N4O/c1-15-13-21(23-20-6-5-17(14-19(15)20)22-16(2)26)25-11-7-18(8-12-25)24-9-3-4-10-24/h5-6,13-14,18H,3-4,7-12H2,1-2H3,(H,22,26). The van der Waals surface area contributed by atoms with E-state index in [4.69, 9.17) is 4.98 Å². The fourth-order valence-electron chi connectivity index (χ4n) is 4.39. The number of carbonyl (C=O) groups excluding carboxylic acids is 1. The number of hydrogen-bond acceptors (Lipinski definition) is 4. The summed E-state index contributed by atoms with van der Waals surface area (Å²) in [4.78, 5) is 21.3. The Morgan fingerprint density at radius 3 is 2.54 bits per heavy atom. The molecule has 2 aliphatic heterocycles. The van der Waals surface area contributed by atoms with Gasteiger partial charge < -0.3 is 15.1 Å². The van der Waals surface area contributed by atoms with E-state index < -0.39 is 0 Å². The van der Waals surface area contributed by atoms with E-state index >= 15 is 0 Å². The SMILES string of the molecule is CC(=O)Nc1ccc2nc(N3CCC(N4CCCC4)CC3)cc(C)c2c1. The number of likely N-dealkylation sites (tertiary alicyclic amines) is 1. The Morgan fingerprint density at radius 1 is 1.12 bits per heavy atom. The molecule has 5 heteroatoms. The van der Waals surface area contributed by atoms with Gasteiger partial charge >= 0.3 is 0 Å². The molecule has 3 heterocycles. The predicted molar refractivity (Wildman–Crippen MR) is 107 cm³/mol. The van der Waals surface area contributed by atoms with Crippen LogP contribution in [0.1, 0.15) is 38.2 Å². The van der Waals surface area contributed by atoms with Gasteiger partial charge in [-0.05, 0) is 75.5 Å². The van der Waals surface area contributed by atoms with Crippen LogP contribution in [0.15, 0.2) is 24.3 Å². The van der Waals surface area contributed by atoms with Crippen molar-refractivity contribution in [2.24, 2.45) is 0 Å². The second-order valence-electron chi connectivity index (χ2n) is 7.67. The molecule has 2 aliphatic rings. The highest BCUT2D eigenvalue weighted by atomic mass is 16.1. The number of piperidine rings is 1. The summed E-state index contributed by atoms with van der Waals surface area (Å²) in [6.07, 6.45) is 5.21. The summed E-state index contributed by atoms with van der Waals surface area (Å²) >= 11 is 0. The van der Waals surface area contributed by atoms with E-state index in [1.165, 1.54) is 51.3 Å². The molecule has 2 saturated heterocycles. The first-order chi connectivity index (χ1) is 12.6. The Morgan fingerprint density at radius 2 is 1.85 bits per heavy atom. The van der Waals surface area contributed by atoms with Crippen molar-refractivity contribution in [3.8, 4) is 0 Å². The number of nitrogens with one attached hydrogen (secondary N) is 1. The zero-order valence-electron chi connectivity index (χ0n) is 15.8. The van der Waals surface area contributed by atoms with Crippen molar-refractivity contribution in [1.82, 2.24) is 9.88 Å².